The van der Waals surface area contributed by atoms with Crippen molar-refractivity contribution in [2.75, 3.05) is 4.90 Å². The van der Waals surface area contributed by atoms with Crippen molar-refractivity contribution in [1.82, 2.24) is 5.32 Å². The first-order valence-electron chi connectivity index (χ1n) is 9.55. The Morgan fingerprint density at radius 1 is 1.14 bits per heavy atom. The monoisotopic (exact) mass is 408 g/mol. The van der Waals surface area contributed by atoms with Crippen LogP contribution >= 0.6 is 12.2 Å². The van der Waals surface area contributed by atoms with Crippen LogP contribution < -0.4 is 15.0 Å². The first-order chi connectivity index (χ1) is 13.8. The molecule has 29 heavy (non-hydrogen) atoms. The van der Waals surface area contributed by atoms with Gasteiger partial charge in [-0.3, -0.25) is 19.8 Å². The number of anilines is 1. The fourth-order valence-electron chi connectivity index (χ4n) is 3.06. The zero-order chi connectivity index (χ0) is 21.1. The highest BCUT2D eigenvalue weighted by molar-refractivity contribution is 7.80. The summed E-state index contributed by atoms with van der Waals surface area (Å²) >= 11 is 5.27. The number of carbonyl (C=O) groups is 2. The highest BCUT2D eigenvalue weighted by Crippen LogP contribution is 2.26. The molecule has 0 aromatic heterocycles. The standard InChI is InChI=1S/C23H24N2O3S/c1-5-16(4)28-18-9-7-17(8-10-18)13-19-21(26)24-23(29)25(22(19)27)20-11-6-14(2)12-15(20)3/h6-13,16H,5H2,1-4H3,(H,24,26,29)/b19-13+/t16-/m0/s1. The van der Waals surface area contributed by atoms with E-state index in [-0.39, 0.29) is 16.8 Å². The predicted molar refractivity (Wildman–Crippen MR) is 119 cm³/mol. The molecule has 0 spiro atoms. The lowest BCUT2D eigenvalue weighted by Gasteiger charge is -2.30. The number of nitrogens with one attached hydrogen (secondary N) is 1. The molecule has 2 aromatic carbocycles. The van der Waals surface area contributed by atoms with Crippen LogP contribution in [0.3, 0.4) is 0 Å². The molecule has 150 valence electrons. The molecule has 1 aliphatic rings. The highest BCUT2D eigenvalue weighted by atomic mass is 32.1. The van der Waals surface area contributed by atoms with Gasteiger partial charge in [0.25, 0.3) is 11.8 Å². The summed E-state index contributed by atoms with van der Waals surface area (Å²) in [6.45, 7) is 7.96. The molecular formula is C23H24N2O3S. The van der Waals surface area contributed by atoms with Crippen molar-refractivity contribution in [2.45, 2.75) is 40.2 Å². The second-order valence-corrected chi connectivity index (χ2v) is 7.54. The summed E-state index contributed by atoms with van der Waals surface area (Å²) in [5, 5.41) is 2.70. The Kier molecular flexibility index (Phi) is 6.13. The van der Waals surface area contributed by atoms with Crippen molar-refractivity contribution in [3.05, 3.63) is 64.7 Å². The number of amides is 2. The van der Waals surface area contributed by atoms with Crippen LogP contribution in [0.5, 0.6) is 5.75 Å². The summed E-state index contributed by atoms with van der Waals surface area (Å²) in [6.07, 6.45) is 2.61. The van der Waals surface area contributed by atoms with Gasteiger partial charge < -0.3 is 4.74 Å². The van der Waals surface area contributed by atoms with Gasteiger partial charge in [0.15, 0.2) is 5.11 Å². The van der Waals surface area contributed by atoms with Crippen LogP contribution in [-0.4, -0.2) is 23.0 Å². The molecule has 0 saturated carbocycles. The van der Waals surface area contributed by atoms with Gasteiger partial charge in [0, 0.05) is 0 Å². The van der Waals surface area contributed by atoms with Crippen LogP contribution in [0.4, 0.5) is 5.69 Å². The van der Waals surface area contributed by atoms with E-state index >= 15 is 0 Å². The maximum atomic E-state index is 13.1. The number of nitrogens with zero attached hydrogens (tertiary/aromatic N) is 1. The zero-order valence-electron chi connectivity index (χ0n) is 17.0. The number of ether oxygens (including phenoxy) is 1. The lowest BCUT2D eigenvalue weighted by molar-refractivity contribution is -0.122. The fourth-order valence-corrected chi connectivity index (χ4v) is 3.33. The molecule has 0 aliphatic carbocycles. The summed E-state index contributed by atoms with van der Waals surface area (Å²) < 4.78 is 5.77. The quantitative estimate of drug-likeness (QED) is 0.455. The fraction of sp³-hybridized carbons (Fsp3) is 0.261. The summed E-state index contributed by atoms with van der Waals surface area (Å²) in [5.74, 6) is -0.189. The van der Waals surface area contributed by atoms with Gasteiger partial charge in [0.05, 0.1) is 11.8 Å². The number of rotatable bonds is 5. The summed E-state index contributed by atoms with van der Waals surface area (Å²) in [6, 6.07) is 13.0. The third-order valence-electron chi connectivity index (χ3n) is 4.80. The van der Waals surface area contributed by atoms with E-state index in [4.69, 9.17) is 17.0 Å². The van der Waals surface area contributed by atoms with Crippen molar-refractivity contribution in [2.24, 2.45) is 0 Å². The van der Waals surface area contributed by atoms with E-state index in [0.29, 0.717) is 5.69 Å². The third kappa shape index (κ3) is 4.54. The summed E-state index contributed by atoms with van der Waals surface area (Å²) in [5.41, 5.74) is 3.42. The predicted octanol–water partition coefficient (Wildman–Crippen LogP) is 4.31. The van der Waals surface area contributed by atoms with Crippen LogP contribution in [0.1, 0.15) is 37.0 Å². The van der Waals surface area contributed by atoms with E-state index in [1.807, 2.05) is 63.2 Å². The minimum atomic E-state index is -0.499. The number of carbonyl (C=O) groups excluding carboxylic acids is 2. The first kappa shape index (κ1) is 20.7. The van der Waals surface area contributed by atoms with Gasteiger partial charge in [-0.05, 0) is 74.8 Å². The molecular weight excluding hydrogens is 384 g/mol. The number of benzene rings is 2. The van der Waals surface area contributed by atoms with Crippen molar-refractivity contribution in [1.29, 1.82) is 0 Å². The van der Waals surface area contributed by atoms with E-state index in [2.05, 4.69) is 12.2 Å². The zero-order valence-corrected chi connectivity index (χ0v) is 17.8. The molecule has 1 atom stereocenters. The maximum Gasteiger partial charge on any atom is 0.270 e. The van der Waals surface area contributed by atoms with Crippen molar-refractivity contribution in [3.8, 4) is 5.75 Å². The van der Waals surface area contributed by atoms with Gasteiger partial charge in [0.2, 0.25) is 0 Å². The number of hydrogen-bond donors (Lipinski definition) is 1. The SMILES string of the molecule is CC[C@H](C)Oc1ccc(/C=C2\C(=O)NC(=S)N(c3ccc(C)cc3C)C2=O)cc1. The normalized spacial score (nSPS) is 16.8. The lowest BCUT2D eigenvalue weighted by Crippen LogP contribution is -2.54. The number of hydrogen-bond acceptors (Lipinski definition) is 4. The van der Waals surface area contributed by atoms with Crippen LogP contribution in [0.15, 0.2) is 48.0 Å². The maximum absolute atomic E-state index is 13.1. The van der Waals surface area contributed by atoms with Crippen molar-refractivity contribution >= 4 is 40.9 Å². The Labute approximate surface area is 176 Å². The molecule has 2 aromatic rings. The molecule has 1 saturated heterocycles. The van der Waals surface area contributed by atoms with Crippen LogP contribution in [0, 0.1) is 13.8 Å². The van der Waals surface area contributed by atoms with Gasteiger partial charge in [-0.15, -0.1) is 0 Å². The van der Waals surface area contributed by atoms with Gasteiger partial charge in [-0.25, -0.2) is 0 Å². The average molecular weight is 409 g/mol. The van der Waals surface area contributed by atoms with E-state index in [1.165, 1.54) is 4.90 Å². The largest absolute Gasteiger partial charge is 0.491 e. The second kappa shape index (κ2) is 8.57. The molecule has 0 radical (unpaired) electrons. The van der Waals surface area contributed by atoms with Crippen LogP contribution in [-0.2, 0) is 9.59 Å². The summed E-state index contributed by atoms with van der Waals surface area (Å²) in [4.78, 5) is 26.9. The van der Waals surface area contributed by atoms with E-state index in [0.717, 1.165) is 28.9 Å². The van der Waals surface area contributed by atoms with Crippen LogP contribution in [0.2, 0.25) is 0 Å². The highest BCUT2D eigenvalue weighted by Gasteiger charge is 2.35. The van der Waals surface area contributed by atoms with Crippen LogP contribution in [0.25, 0.3) is 6.08 Å². The lowest BCUT2D eigenvalue weighted by atomic mass is 10.0. The molecule has 0 bridgehead atoms. The van der Waals surface area contributed by atoms with Gasteiger partial charge in [-0.1, -0.05) is 36.8 Å². The first-order valence-corrected chi connectivity index (χ1v) is 9.96. The molecule has 1 fully saturated rings. The molecule has 2 amide bonds. The van der Waals surface area contributed by atoms with Crippen molar-refractivity contribution in [3.63, 3.8) is 0 Å². The number of thiocarbonyl (C=S) groups is 1. The molecule has 1 aliphatic heterocycles. The third-order valence-corrected chi connectivity index (χ3v) is 5.08. The molecule has 6 heteroatoms. The molecule has 1 heterocycles. The number of aryl methyl sites for hydroxylation is 2. The second-order valence-electron chi connectivity index (χ2n) is 7.15. The minimum Gasteiger partial charge on any atom is -0.491 e. The smallest absolute Gasteiger partial charge is 0.270 e. The average Bonchev–Trinajstić information content (AvgIpc) is 2.67. The molecule has 1 N–H and O–H groups in total. The van der Waals surface area contributed by atoms with E-state index < -0.39 is 11.8 Å². The topological polar surface area (TPSA) is 58.6 Å². The van der Waals surface area contributed by atoms with Gasteiger partial charge in [-0.2, -0.15) is 0 Å². The van der Waals surface area contributed by atoms with Gasteiger partial charge >= 0.3 is 0 Å². The molecule has 0 unspecified atom stereocenters. The Morgan fingerprint density at radius 3 is 2.45 bits per heavy atom. The van der Waals surface area contributed by atoms with E-state index in [1.54, 1.807) is 6.08 Å². The Bertz CT molecular complexity index is 996. The Balaban J connectivity index is 1.91. The Hall–Kier alpha value is -2.99. The van der Waals surface area contributed by atoms with E-state index in [9.17, 15) is 9.59 Å². The van der Waals surface area contributed by atoms with Crippen molar-refractivity contribution < 1.29 is 14.3 Å². The van der Waals surface area contributed by atoms with Gasteiger partial charge in [0.1, 0.15) is 11.3 Å². The minimum absolute atomic E-state index is 0.0363. The summed E-state index contributed by atoms with van der Waals surface area (Å²) in [7, 11) is 0. The molecule has 3 rings (SSSR count). The Morgan fingerprint density at radius 2 is 1.83 bits per heavy atom. The molecule has 5 nitrogen and oxygen atoms in total.